The maximum atomic E-state index is 12.0. The van der Waals surface area contributed by atoms with Crippen molar-refractivity contribution in [2.45, 2.75) is 13.0 Å². The number of phenols is 1. The van der Waals surface area contributed by atoms with Gasteiger partial charge in [-0.15, -0.1) is 0 Å². The Kier molecular flexibility index (Phi) is 5.24. The molecule has 0 bridgehead atoms. The number of fused-ring (bicyclic) bond motifs is 1. The van der Waals surface area contributed by atoms with Crippen LogP contribution in [0.1, 0.15) is 24.1 Å². The Morgan fingerprint density at radius 1 is 1.36 bits per heavy atom. The maximum absolute atomic E-state index is 12.0. The molecule has 5 nitrogen and oxygen atoms in total. The molecule has 130 valence electrons. The molecular formula is C19H19ClN2O3. The van der Waals surface area contributed by atoms with E-state index in [1.165, 1.54) is 0 Å². The van der Waals surface area contributed by atoms with E-state index in [1.54, 1.807) is 31.3 Å². The number of halogens is 1. The first-order chi connectivity index (χ1) is 12.1. The molecule has 2 aromatic rings. The molecule has 25 heavy (non-hydrogen) atoms. The van der Waals surface area contributed by atoms with Gasteiger partial charge in [-0.05, 0) is 31.2 Å². The van der Waals surface area contributed by atoms with Crippen molar-refractivity contribution in [2.24, 2.45) is 4.99 Å². The van der Waals surface area contributed by atoms with Crippen LogP contribution in [0.2, 0.25) is 5.02 Å². The van der Waals surface area contributed by atoms with Gasteiger partial charge < -0.3 is 14.7 Å². The highest BCUT2D eigenvalue weighted by Crippen LogP contribution is 2.33. The number of nitrogens with zero attached hydrogens (tertiary/aromatic N) is 2. The van der Waals surface area contributed by atoms with Gasteiger partial charge in [-0.25, -0.2) is 0 Å². The fourth-order valence-corrected chi connectivity index (χ4v) is 3.08. The van der Waals surface area contributed by atoms with Crippen LogP contribution in [0, 0.1) is 0 Å². The molecule has 6 heteroatoms. The lowest BCUT2D eigenvalue weighted by atomic mass is 10.1. The summed E-state index contributed by atoms with van der Waals surface area (Å²) in [5, 5.41) is 10.8. The van der Waals surface area contributed by atoms with Crippen LogP contribution in [0.5, 0.6) is 5.75 Å². The summed E-state index contributed by atoms with van der Waals surface area (Å²) in [6.45, 7) is 2.67. The Hall–Kier alpha value is -2.53. The number of esters is 1. The number of para-hydroxylation sites is 1. The Morgan fingerprint density at radius 3 is 2.92 bits per heavy atom. The van der Waals surface area contributed by atoms with Crippen LogP contribution < -0.4 is 4.90 Å². The molecule has 0 saturated carbocycles. The smallest absolute Gasteiger partial charge is 0.325 e. The lowest BCUT2D eigenvalue weighted by molar-refractivity contribution is -0.141. The second kappa shape index (κ2) is 7.57. The summed E-state index contributed by atoms with van der Waals surface area (Å²) in [4.78, 5) is 18.5. The van der Waals surface area contributed by atoms with Gasteiger partial charge in [0.2, 0.25) is 0 Å². The third-order valence-electron chi connectivity index (χ3n) is 4.04. The molecule has 0 aromatic heterocycles. The highest BCUT2D eigenvalue weighted by atomic mass is 35.5. The highest BCUT2D eigenvalue weighted by molar-refractivity contribution is 6.31. The number of carbonyl (C=O) groups is 1. The monoisotopic (exact) mass is 358 g/mol. The van der Waals surface area contributed by atoms with E-state index in [0.717, 1.165) is 11.3 Å². The van der Waals surface area contributed by atoms with E-state index < -0.39 is 0 Å². The summed E-state index contributed by atoms with van der Waals surface area (Å²) >= 11 is 6.10. The molecule has 0 amide bonds. The predicted molar refractivity (Wildman–Crippen MR) is 98.7 cm³/mol. The van der Waals surface area contributed by atoms with E-state index in [4.69, 9.17) is 16.3 Å². The van der Waals surface area contributed by atoms with Crippen molar-refractivity contribution >= 4 is 29.5 Å². The quantitative estimate of drug-likeness (QED) is 0.848. The summed E-state index contributed by atoms with van der Waals surface area (Å²) in [5.74, 6) is -0.119. The van der Waals surface area contributed by atoms with Crippen molar-refractivity contribution in [3.63, 3.8) is 0 Å². The highest BCUT2D eigenvalue weighted by Gasteiger charge is 2.24. The van der Waals surface area contributed by atoms with Crippen molar-refractivity contribution < 1.29 is 14.6 Å². The molecule has 1 N–H and O–H groups in total. The number of aromatic hydroxyl groups is 1. The van der Waals surface area contributed by atoms with Crippen molar-refractivity contribution in [3.8, 4) is 5.75 Å². The number of anilines is 1. The molecule has 2 aromatic carbocycles. The molecular weight excluding hydrogens is 340 g/mol. The summed E-state index contributed by atoms with van der Waals surface area (Å²) in [5.41, 5.74) is 2.40. The zero-order valence-corrected chi connectivity index (χ0v) is 14.6. The van der Waals surface area contributed by atoms with E-state index in [0.29, 0.717) is 23.7 Å². The van der Waals surface area contributed by atoms with E-state index in [1.807, 2.05) is 29.2 Å². The van der Waals surface area contributed by atoms with Crippen molar-refractivity contribution in [1.82, 2.24) is 0 Å². The third-order valence-corrected chi connectivity index (χ3v) is 4.27. The number of hydrogen-bond donors (Lipinski definition) is 1. The normalized spacial score (nSPS) is 16.2. The molecule has 0 radical (unpaired) electrons. The van der Waals surface area contributed by atoms with Crippen molar-refractivity contribution in [3.05, 3.63) is 58.6 Å². The third kappa shape index (κ3) is 3.94. The van der Waals surface area contributed by atoms with Crippen LogP contribution in [0.15, 0.2) is 47.5 Å². The molecule has 3 rings (SSSR count). The molecule has 1 atom stereocenters. The minimum atomic E-state index is -0.304. The van der Waals surface area contributed by atoms with E-state index >= 15 is 0 Å². The van der Waals surface area contributed by atoms with E-state index in [-0.39, 0.29) is 24.3 Å². The summed E-state index contributed by atoms with van der Waals surface area (Å²) in [7, 11) is 0. The van der Waals surface area contributed by atoms with Crippen LogP contribution in [-0.4, -0.2) is 37.0 Å². The molecule has 1 aliphatic heterocycles. The molecule has 1 heterocycles. The zero-order chi connectivity index (χ0) is 17.8. The number of carbonyl (C=O) groups excluding carboxylic acids is 1. The molecule has 0 spiro atoms. The Labute approximate surface area is 151 Å². The average Bonchev–Trinajstić information content (AvgIpc) is 2.75. The van der Waals surface area contributed by atoms with Gasteiger partial charge in [-0.3, -0.25) is 9.79 Å². The Balaban J connectivity index is 1.97. The van der Waals surface area contributed by atoms with Gasteiger partial charge in [0.05, 0.1) is 12.6 Å². The van der Waals surface area contributed by atoms with Crippen LogP contribution in [0.3, 0.4) is 0 Å². The Morgan fingerprint density at radius 2 is 2.16 bits per heavy atom. The topological polar surface area (TPSA) is 62.1 Å². The first-order valence-corrected chi connectivity index (χ1v) is 8.47. The van der Waals surface area contributed by atoms with E-state index in [9.17, 15) is 9.90 Å². The van der Waals surface area contributed by atoms with Gasteiger partial charge in [0.1, 0.15) is 12.3 Å². The molecule has 0 fully saturated rings. The molecule has 1 unspecified atom stereocenters. The van der Waals surface area contributed by atoms with Gasteiger partial charge in [-0.1, -0.05) is 29.8 Å². The minimum absolute atomic E-state index is 0.107. The van der Waals surface area contributed by atoms with Gasteiger partial charge in [0.15, 0.2) is 0 Å². The number of benzodiazepines with no additional fused rings is 1. The van der Waals surface area contributed by atoms with Crippen LogP contribution >= 0.6 is 11.6 Å². The number of phenolic OH excluding ortho intramolecular Hbond substituents is 1. The van der Waals surface area contributed by atoms with Crippen molar-refractivity contribution in [2.75, 3.05) is 24.6 Å². The number of rotatable bonds is 4. The lowest BCUT2D eigenvalue weighted by Crippen LogP contribution is -2.34. The lowest BCUT2D eigenvalue weighted by Gasteiger charge is -2.26. The second-order valence-electron chi connectivity index (χ2n) is 5.74. The molecule has 1 aliphatic rings. The molecule has 0 saturated heterocycles. The van der Waals surface area contributed by atoms with Gasteiger partial charge in [0, 0.05) is 34.6 Å². The predicted octanol–water partition coefficient (Wildman–Crippen LogP) is 3.59. The van der Waals surface area contributed by atoms with Gasteiger partial charge >= 0.3 is 5.97 Å². The minimum Gasteiger partial charge on any atom is -0.508 e. The number of ether oxygens (including phenoxy) is 1. The maximum Gasteiger partial charge on any atom is 0.325 e. The number of benzene rings is 2. The fraction of sp³-hybridized carbons (Fsp3) is 0.263. The number of aliphatic imine (C=N–C) groups is 1. The first-order valence-electron chi connectivity index (χ1n) is 8.09. The first kappa shape index (κ1) is 17.3. The van der Waals surface area contributed by atoms with Gasteiger partial charge in [-0.2, -0.15) is 0 Å². The summed E-state index contributed by atoms with van der Waals surface area (Å²) in [6.07, 6.45) is 1.74. The van der Waals surface area contributed by atoms with Crippen LogP contribution in [-0.2, 0) is 9.53 Å². The van der Waals surface area contributed by atoms with Gasteiger partial charge in [0.25, 0.3) is 0 Å². The second-order valence-corrected chi connectivity index (χ2v) is 6.18. The van der Waals surface area contributed by atoms with Crippen LogP contribution in [0.4, 0.5) is 5.69 Å². The van der Waals surface area contributed by atoms with E-state index in [2.05, 4.69) is 4.99 Å². The molecule has 0 aliphatic carbocycles. The standard InChI is InChI=1S/C19H19ClN2O3/c1-2-25-19(24)12-22-11-16(15-5-3-4-6-18(15)23)21-10-13-9-14(20)7-8-17(13)22/h3-10,16,23H,2,11-12H2,1H3. The summed E-state index contributed by atoms with van der Waals surface area (Å²) < 4.78 is 5.09. The summed E-state index contributed by atoms with van der Waals surface area (Å²) in [6, 6.07) is 12.3. The average molecular weight is 359 g/mol. The number of hydrogen-bond acceptors (Lipinski definition) is 5. The van der Waals surface area contributed by atoms with Crippen molar-refractivity contribution in [1.29, 1.82) is 0 Å². The SMILES string of the molecule is CCOC(=O)CN1CC(c2ccccc2O)N=Cc2cc(Cl)ccc21. The Bertz CT molecular complexity index is 807. The largest absolute Gasteiger partial charge is 0.508 e. The van der Waals surface area contributed by atoms with Crippen LogP contribution in [0.25, 0.3) is 0 Å². The fourth-order valence-electron chi connectivity index (χ4n) is 2.90. The zero-order valence-electron chi connectivity index (χ0n) is 13.9.